The van der Waals surface area contributed by atoms with Gasteiger partial charge in [0.25, 0.3) is 0 Å². The number of hydrogen-bond donors (Lipinski definition) is 0. The molecular formula is C22H18FN5OS. The van der Waals surface area contributed by atoms with Crippen LogP contribution in [0.15, 0.2) is 84.3 Å². The Morgan fingerprint density at radius 2 is 1.80 bits per heavy atom. The van der Waals surface area contributed by atoms with Crippen molar-refractivity contribution in [1.82, 2.24) is 19.7 Å². The van der Waals surface area contributed by atoms with Crippen LogP contribution in [0.4, 0.5) is 10.1 Å². The van der Waals surface area contributed by atoms with Gasteiger partial charge in [-0.25, -0.2) is 4.39 Å². The lowest BCUT2D eigenvalue weighted by Crippen LogP contribution is -2.27. The highest BCUT2D eigenvalue weighted by atomic mass is 32.2. The number of aromatic nitrogens is 4. The van der Waals surface area contributed by atoms with Crippen molar-refractivity contribution in [3.8, 4) is 17.1 Å². The van der Waals surface area contributed by atoms with E-state index in [2.05, 4.69) is 15.2 Å². The molecule has 6 nitrogen and oxygen atoms in total. The van der Waals surface area contributed by atoms with Gasteiger partial charge in [0, 0.05) is 30.7 Å². The van der Waals surface area contributed by atoms with Crippen molar-refractivity contribution in [3.05, 3.63) is 84.9 Å². The average Bonchev–Trinajstić information content (AvgIpc) is 3.22. The molecule has 4 aromatic rings. The van der Waals surface area contributed by atoms with Gasteiger partial charge in [-0.3, -0.25) is 14.3 Å². The van der Waals surface area contributed by atoms with Crippen LogP contribution in [0.1, 0.15) is 0 Å². The number of thioether (sulfide) groups is 1. The van der Waals surface area contributed by atoms with Crippen LogP contribution in [0.2, 0.25) is 0 Å². The van der Waals surface area contributed by atoms with Crippen LogP contribution in [0.3, 0.4) is 0 Å². The molecule has 0 fully saturated rings. The number of rotatable bonds is 6. The Bertz CT molecular complexity index is 1150. The van der Waals surface area contributed by atoms with Gasteiger partial charge in [0.1, 0.15) is 5.82 Å². The van der Waals surface area contributed by atoms with Gasteiger partial charge in [-0.05, 0) is 36.4 Å². The van der Waals surface area contributed by atoms with E-state index >= 15 is 0 Å². The quantitative estimate of drug-likeness (QED) is 0.438. The van der Waals surface area contributed by atoms with Gasteiger partial charge in [0.05, 0.1) is 11.4 Å². The zero-order chi connectivity index (χ0) is 20.9. The number of carbonyl (C=O) groups is 1. The summed E-state index contributed by atoms with van der Waals surface area (Å²) in [4.78, 5) is 18.4. The third kappa shape index (κ3) is 4.08. The lowest BCUT2D eigenvalue weighted by molar-refractivity contribution is -0.115. The largest absolute Gasteiger partial charge is 0.315 e. The van der Waals surface area contributed by atoms with Crippen LogP contribution in [0.5, 0.6) is 0 Å². The number of amides is 1. The highest BCUT2D eigenvalue weighted by Gasteiger charge is 2.20. The Kier molecular flexibility index (Phi) is 5.85. The smallest absolute Gasteiger partial charge is 0.237 e. The number of pyridine rings is 1. The molecule has 0 aliphatic heterocycles. The highest BCUT2D eigenvalue weighted by Crippen LogP contribution is 2.29. The zero-order valence-electron chi connectivity index (χ0n) is 16.1. The summed E-state index contributed by atoms with van der Waals surface area (Å²) in [6.45, 7) is 0. The molecule has 0 unspecified atom stereocenters. The molecule has 1 amide bonds. The monoisotopic (exact) mass is 419 g/mol. The molecule has 30 heavy (non-hydrogen) atoms. The minimum atomic E-state index is -0.406. The number of para-hydroxylation sites is 2. The Morgan fingerprint density at radius 3 is 2.53 bits per heavy atom. The van der Waals surface area contributed by atoms with Crippen LogP contribution < -0.4 is 4.90 Å². The third-order valence-corrected chi connectivity index (χ3v) is 5.40. The third-order valence-electron chi connectivity index (χ3n) is 4.49. The van der Waals surface area contributed by atoms with E-state index in [1.54, 1.807) is 53.2 Å². The number of nitrogens with zero attached hydrogens (tertiary/aromatic N) is 5. The molecule has 0 aliphatic rings. The van der Waals surface area contributed by atoms with E-state index in [0.29, 0.717) is 22.2 Å². The van der Waals surface area contributed by atoms with Gasteiger partial charge < -0.3 is 4.90 Å². The van der Waals surface area contributed by atoms with Crippen LogP contribution in [0, 0.1) is 5.82 Å². The van der Waals surface area contributed by atoms with Gasteiger partial charge in [0.2, 0.25) is 5.91 Å². The lowest BCUT2D eigenvalue weighted by Gasteiger charge is -2.17. The summed E-state index contributed by atoms with van der Waals surface area (Å²) in [6, 6.07) is 19.4. The number of benzene rings is 2. The highest BCUT2D eigenvalue weighted by molar-refractivity contribution is 7.99. The summed E-state index contributed by atoms with van der Waals surface area (Å²) in [5.41, 5.74) is 1.82. The first kappa shape index (κ1) is 19.8. The molecule has 4 rings (SSSR count). The van der Waals surface area contributed by atoms with Gasteiger partial charge in [-0.2, -0.15) is 0 Å². The summed E-state index contributed by atoms with van der Waals surface area (Å²) in [7, 11) is 1.72. The van der Waals surface area contributed by atoms with E-state index in [9.17, 15) is 9.18 Å². The minimum Gasteiger partial charge on any atom is -0.315 e. The fourth-order valence-electron chi connectivity index (χ4n) is 2.91. The SMILES string of the molecule is CN(C(=O)CSc1nnc(-c2cccnc2)n1-c1ccccc1F)c1ccccc1. The van der Waals surface area contributed by atoms with Crippen molar-refractivity contribution in [3.63, 3.8) is 0 Å². The van der Waals surface area contributed by atoms with Gasteiger partial charge in [0.15, 0.2) is 11.0 Å². The summed E-state index contributed by atoms with van der Waals surface area (Å²) < 4.78 is 16.2. The van der Waals surface area contributed by atoms with Crippen LogP contribution in [0.25, 0.3) is 17.1 Å². The first-order valence-electron chi connectivity index (χ1n) is 9.20. The van der Waals surface area contributed by atoms with Crippen LogP contribution >= 0.6 is 11.8 Å². The second-order valence-electron chi connectivity index (χ2n) is 6.41. The molecule has 150 valence electrons. The lowest BCUT2D eigenvalue weighted by atomic mass is 10.2. The Balaban J connectivity index is 1.65. The molecule has 0 N–H and O–H groups in total. The fraction of sp³-hybridized carbons (Fsp3) is 0.0909. The number of anilines is 1. The summed E-state index contributed by atoms with van der Waals surface area (Å²) in [6.07, 6.45) is 3.30. The van der Waals surface area contributed by atoms with Gasteiger partial charge in [-0.15, -0.1) is 10.2 Å². The Labute approximate surface area is 177 Å². The maximum atomic E-state index is 14.6. The molecule has 0 aliphatic carbocycles. The molecule has 8 heteroatoms. The van der Waals surface area contributed by atoms with E-state index in [-0.39, 0.29) is 11.7 Å². The van der Waals surface area contributed by atoms with Crippen molar-refractivity contribution >= 4 is 23.4 Å². The van der Waals surface area contributed by atoms with Crippen molar-refractivity contribution in [2.24, 2.45) is 0 Å². The number of hydrogen-bond acceptors (Lipinski definition) is 5. The summed E-state index contributed by atoms with van der Waals surface area (Å²) in [5, 5.41) is 8.89. The zero-order valence-corrected chi connectivity index (χ0v) is 17.0. The van der Waals surface area contributed by atoms with Crippen molar-refractivity contribution < 1.29 is 9.18 Å². The molecule has 0 saturated heterocycles. The number of halogens is 1. The molecule has 2 aromatic carbocycles. The van der Waals surface area contributed by atoms with Crippen LogP contribution in [-0.4, -0.2) is 38.5 Å². The molecule has 0 saturated carbocycles. The summed E-state index contributed by atoms with van der Waals surface area (Å²) in [5.74, 6) is 0.0826. The molecule has 0 spiro atoms. The number of carbonyl (C=O) groups excluding carboxylic acids is 1. The molecule has 0 atom stereocenters. The van der Waals surface area contributed by atoms with Crippen molar-refractivity contribution in [1.29, 1.82) is 0 Å². The first-order chi connectivity index (χ1) is 14.6. The Hall–Kier alpha value is -3.52. The molecule has 2 heterocycles. The fourth-order valence-corrected chi connectivity index (χ4v) is 3.77. The predicted octanol–water partition coefficient (Wildman–Crippen LogP) is 4.22. The predicted molar refractivity (Wildman–Crippen MR) is 115 cm³/mol. The van der Waals surface area contributed by atoms with E-state index in [1.165, 1.54) is 17.8 Å². The van der Waals surface area contributed by atoms with E-state index in [1.807, 2.05) is 36.4 Å². The maximum absolute atomic E-state index is 14.6. The Morgan fingerprint density at radius 1 is 1.03 bits per heavy atom. The molecule has 2 aromatic heterocycles. The van der Waals surface area contributed by atoms with E-state index in [4.69, 9.17) is 0 Å². The average molecular weight is 419 g/mol. The maximum Gasteiger partial charge on any atom is 0.237 e. The standard InChI is InChI=1S/C22H18FN5OS/c1-27(17-9-3-2-4-10-17)20(29)15-30-22-26-25-21(16-8-7-13-24-14-16)28(22)19-12-6-5-11-18(19)23/h2-14H,15H2,1H3. The van der Waals surface area contributed by atoms with Gasteiger partial charge in [-0.1, -0.05) is 42.1 Å². The summed E-state index contributed by atoms with van der Waals surface area (Å²) >= 11 is 1.21. The molecule has 0 bridgehead atoms. The minimum absolute atomic E-state index is 0.0998. The van der Waals surface area contributed by atoms with E-state index in [0.717, 1.165) is 5.69 Å². The first-order valence-corrected chi connectivity index (χ1v) is 10.2. The second kappa shape index (κ2) is 8.87. The van der Waals surface area contributed by atoms with Crippen molar-refractivity contribution in [2.75, 3.05) is 17.7 Å². The second-order valence-corrected chi connectivity index (χ2v) is 7.35. The molecule has 0 radical (unpaired) electrons. The van der Waals surface area contributed by atoms with E-state index < -0.39 is 5.82 Å². The molecular weight excluding hydrogens is 401 g/mol. The normalized spacial score (nSPS) is 10.7. The van der Waals surface area contributed by atoms with Gasteiger partial charge >= 0.3 is 0 Å². The topological polar surface area (TPSA) is 63.9 Å². The van der Waals surface area contributed by atoms with Crippen molar-refractivity contribution in [2.45, 2.75) is 5.16 Å². The van der Waals surface area contributed by atoms with Crippen LogP contribution in [-0.2, 0) is 4.79 Å².